The van der Waals surface area contributed by atoms with Crippen molar-refractivity contribution in [1.29, 1.82) is 0 Å². The number of halogens is 1. The molecule has 0 atom stereocenters. The number of carbonyl (C=O) groups is 1. The van der Waals surface area contributed by atoms with Crippen molar-refractivity contribution in [1.82, 2.24) is 15.4 Å². The van der Waals surface area contributed by atoms with Crippen molar-refractivity contribution in [3.05, 3.63) is 64.5 Å². The Morgan fingerprint density at radius 2 is 2.19 bits per heavy atom. The summed E-state index contributed by atoms with van der Waals surface area (Å²) >= 11 is 3.27. The number of nitrogens with zero attached hydrogens (tertiary/aromatic N) is 2. The quantitative estimate of drug-likeness (QED) is 0.567. The van der Waals surface area contributed by atoms with Crippen LogP contribution < -0.4 is 5.43 Å². The summed E-state index contributed by atoms with van der Waals surface area (Å²) in [6, 6.07) is 9.58. The maximum Gasteiger partial charge on any atom is 0.272 e. The standard InChI is InChI=1S/C15H11BrN4O/c16-12-5-10(6-17-9-12)15(21)20-19-8-11-7-18-14-4-2-1-3-13(11)14/h1-9,18H,(H,20,21). The lowest BCUT2D eigenvalue weighted by molar-refractivity contribution is 0.0954. The fourth-order valence-corrected chi connectivity index (χ4v) is 2.33. The second-order valence-electron chi connectivity index (χ2n) is 4.38. The molecule has 1 amide bonds. The van der Waals surface area contributed by atoms with E-state index in [2.05, 4.69) is 36.4 Å². The number of pyridine rings is 1. The van der Waals surface area contributed by atoms with Crippen LogP contribution in [0.3, 0.4) is 0 Å². The summed E-state index contributed by atoms with van der Waals surface area (Å²) in [5.74, 6) is -0.306. The van der Waals surface area contributed by atoms with E-state index >= 15 is 0 Å². The Balaban J connectivity index is 1.74. The van der Waals surface area contributed by atoms with Gasteiger partial charge in [0.15, 0.2) is 0 Å². The smallest absolute Gasteiger partial charge is 0.272 e. The number of carbonyl (C=O) groups excluding carboxylic acids is 1. The van der Waals surface area contributed by atoms with Crippen LogP contribution >= 0.6 is 15.9 Å². The number of hydrogen-bond acceptors (Lipinski definition) is 3. The van der Waals surface area contributed by atoms with Gasteiger partial charge in [0.25, 0.3) is 5.91 Å². The normalized spacial score (nSPS) is 11.1. The third-order valence-corrected chi connectivity index (χ3v) is 3.39. The SMILES string of the molecule is O=C(NN=Cc1c[nH]c2ccccc12)c1cncc(Br)c1. The van der Waals surface area contributed by atoms with Crippen molar-refractivity contribution in [3.8, 4) is 0 Å². The summed E-state index contributed by atoms with van der Waals surface area (Å²) in [5.41, 5.74) is 4.87. The van der Waals surface area contributed by atoms with Gasteiger partial charge in [-0.25, -0.2) is 5.43 Å². The molecule has 3 rings (SSSR count). The molecule has 0 aliphatic heterocycles. The van der Waals surface area contributed by atoms with E-state index in [-0.39, 0.29) is 5.91 Å². The highest BCUT2D eigenvalue weighted by Crippen LogP contribution is 2.15. The van der Waals surface area contributed by atoms with Gasteiger partial charge < -0.3 is 4.98 Å². The summed E-state index contributed by atoms with van der Waals surface area (Å²) < 4.78 is 0.746. The van der Waals surface area contributed by atoms with Gasteiger partial charge in [-0.05, 0) is 28.1 Å². The number of H-pyrrole nitrogens is 1. The number of benzene rings is 1. The molecule has 0 aliphatic rings. The lowest BCUT2D eigenvalue weighted by Crippen LogP contribution is -2.17. The highest BCUT2D eigenvalue weighted by atomic mass is 79.9. The van der Waals surface area contributed by atoms with Crippen molar-refractivity contribution in [2.75, 3.05) is 0 Å². The molecule has 5 nitrogen and oxygen atoms in total. The molecule has 0 aliphatic carbocycles. The second kappa shape index (κ2) is 5.88. The topological polar surface area (TPSA) is 70.1 Å². The Hall–Kier alpha value is -2.47. The zero-order valence-corrected chi connectivity index (χ0v) is 12.5. The molecule has 0 saturated carbocycles. The number of hydrazone groups is 1. The fourth-order valence-electron chi connectivity index (χ4n) is 1.96. The molecule has 0 radical (unpaired) electrons. The van der Waals surface area contributed by atoms with Gasteiger partial charge in [-0.3, -0.25) is 9.78 Å². The second-order valence-corrected chi connectivity index (χ2v) is 5.30. The van der Waals surface area contributed by atoms with Crippen LogP contribution in [-0.2, 0) is 0 Å². The van der Waals surface area contributed by atoms with Crippen LogP contribution in [-0.4, -0.2) is 22.1 Å². The molecule has 104 valence electrons. The van der Waals surface area contributed by atoms with Gasteiger partial charge in [-0.1, -0.05) is 18.2 Å². The first kappa shape index (κ1) is 13.5. The van der Waals surface area contributed by atoms with E-state index < -0.39 is 0 Å². The Kier molecular flexibility index (Phi) is 3.79. The van der Waals surface area contributed by atoms with Crippen molar-refractivity contribution < 1.29 is 4.79 Å². The largest absolute Gasteiger partial charge is 0.361 e. The zero-order valence-electron chi connectivity index (χ0n) is 10.9. The van der Waals surface area contributed by atoms with E-state index in [1.54, 1.807) is 18.5 Å². The lowest BCUT2D eigenvalue weighted by Gasteiger charge is -1.99. The number of fused-ring (bicyclic) bond motifs is 1. The Morgan fingerprint density at radius 1 is 1.33 bits per heavy atom. The molecule has 6 heteroatoms. The monoisotopic (exact) mass is 342 g/mol. The molecule has 0 bridgehead atoms. The predicted molar refractivity (Wildman–Crippen MR) is 85.3 cm³/mol. The molecule has 2 N–H and O–H groups in total. The van der Waals surface area contributed by atoms with E-state index in [0.29, 0.717) is 5.56 Å². The minimum atomic E-state index is -0.306. The highest BCUT2D eigenvalue weighted by molar-refractivity contribution is 9.10. The van der Waals surface area contributed by atoms with Crippen molar-refractivity contribution in [2.24, 2.45) is 5.10 Å². The van der Waals surface area contributed by atoms with Gasteiger partial charge in [-0.2, -0.15) is 5.10 Å². The summed E-state index contributed by atoms with van der Waals surface area (Å²) in [4.78, 5) is 19.0. The van der Waals surface area contributed by atoms with Gasteiger partial charge >= 0.3 is 0 Å². The van der Waals surface area contributed by atoms with Crippen LogP contribution in [0.5, 0.6) is 0 Å². The van der Waals surface area contributed by atoms with Crippen LogP contribution in [0, 0.1) is 0 Å². The molecule has 0 saturated heterocycles. The Bertz CT molecular complexity index is 825. The Labute approximate surface area is 129 Å². The number of hydrogen-bond donors (Lipinski definition) is 2. The number of aromatic nitrogens is 2. The molecule has 3 aromatic rings. The van der Waals surface area contributed by atoms with Crippen LogP contribution in [0.25, 0.3) is 10.9 Å². The van der Waals surface area contributed by atoms with Gasteiger partial charge in [-0.15, -0.1) is 0 Å². The predicted octanol–water partition coefficient (Wildman–Crippen LogP) is 3.09. The summed E-state index contributed by atoms with van der Waals surface area (Å²) in [6.45, 7) is 0. The van der Waals surface area contributed by atoms with Crippen molar-refractivity contribution in [3.63, 3.8) is 0 Å². The average Bonchev–Trinajstić information content (AvgIpc) is 2.91. The van der Waals surface area contributed by atoms with Crippen molar-refractivity contribution in [2.45, 2.75) is 0 Å². The van der Waals surface area contributed by atoms with Gasteiger partial charge in [0.1, 0.15) is 0 Å². The summed E-state index contributed by atoms with van der Waals surface area (Å²) in [6.07, 6.45) is 6.57. The first-order valence-corrected chi connectivity index (χ1v) is 7.03. The molecule has 2 heterocycles. The molecule has 0 fully saturated rings. The minimum absolute atomic E-state index is 0.306. The van der Waals surface area contributed by atoms with E-state index in [4.69, 9.17) is 0 Å². The number of rotatable bonds is 3. The molecular weight excluding hydrogens is 332 g/mol. The van der Waals surface area contributed by atoms with Crippen LogP contribution in [0.15, 0.2) is 58.5 Å². The number of aromatic amines is 1. The van der Waals surface area contributed by atoms with E-state index in [9.17, 15) is 4.79 Å². The molecule has 1 aromatic carbocycles. The van der Waals surface area contributed by atoms with Crippen LogP contribution in [0.1, 0.15) is 15.9 Å². The van der Waals surface area contributed by atoms with E-state index in [0.717, 1.165) is 20.9 Å². The van der Waals surface area contributed by atoms with Gasteiger partial charge in [0, 0.05) is 39.5 Å². The molecule has 0 unspecified atom stereocenters. The number of nitrogens with one attached hydrogen (secondary N) is 2. The van der Waals surface area contributed by atoms with Crippen LogP contribution in [0.4, 0.5) is 0 Å². The number of para-hydroxylation sites is 1. The molecular formula is C15H11BrN4O. The third kappa shape index (κ3) is 3.00. The summed E-state index contributed by atoms with van der Waals surface area (Å²) in [7, 11) is 0. The van der Waals surface area contributed by atoms with Gasteiger partial charge in [0.2, 0.25) is 0 Å². The molecule has 21 heavy (non-hydrogen) atoms. The zero-order chi connectivity index (χ0) is 14.7. The van der Waals surface area contributed by atoms with E-state index in [1.165, 1.54) is 6.20 Å². The maximum absolute atomic E-state index is 11.9. The first-order valence-electron chi connectivity index (χ1n) is 6.24. The van der Waals surface area contributed by atoms with Crippen molar-refractivity contribution >= 4 is 39.0 Å². The first-order chi connectivity index (χ1) is 10.2. The number of amides is 1. The fraction of sp³-hybridized carbons (Fsp3) is 0. The molecule has 0 spiro atoms. The van der Waals surface area contributed by atoms with Gasteiger partial charge in [0.05, 0.1) is 11.8 Å². The Morgan fingerprint density at radius 3 is 3.05 bits per heavy atom. The maximum atomic E-state index is 11.9. The lowest BCUT2D eigenvalue weighted by atomic mass is 10.2. The average molecular weight is 343 g/mol. The van der Waals surface area contributed by atoms with Crippen LogP contribution in [0.2, 0.25) is 0 Å². The third-order valence-electron chi connectivity index (χ3n) is 2.96. The summed E-state index contributed by atoms with van der Waals surface area (Å²) in [5, 5.41) is 5.04. The molecule has 2 aromatic heterocycles. The minimum Gasteiger partial charge on any atom is -0.361 e. The highest BCUT2D eigenvalue weighted by Gasteiger charge is 2.05. The van der Waals surface area contributed by atoms with E-state index in [1.807, 2.05) is 30.5 Å².